The summed E-state index contributed by atoms with van der Waals surface area (Å²) in [5.41, 5.74) is 1.01. The first-order valence-corrected chi connectivity index (χ1v) is 7.29. The summed E-state index contributed by atoms with van der Waals surface area (Å²) in [6.45, 7) is 3.40. The van der Waals surface area contributed by atoms with Gasteiger partial charge in [-0.05, 0) is 37.5 Å². The summed E-state index contributed by atoms with van der Waals surface area (Å²) in [6, 6.07) is 5.62. The van der Waals surface area contributed by atoms with E-state index in [9.17, 15) is 4.79 Å². The standard InChI is InChI=1S/C14H18Cl2N2O/c1-9(12-5-4-11(15)8-13(12)16)17-6-7-18-14(19)10-2-3-10/h4-5,8-10,17H,2-3,6-7H2,1H3,(H,18,19). The van der Waals surface area contributed by atoms with Gasteiger partial charge in [-0.1, -0.05) is 29.3 Å². The van der Waals surface area contributed by atoms with Crippen molar-refractivity contribution < 1.29 is 4.79 Å². The molecular formula is C14H18Cl2N2O. The molecule has 1 aliphatic carbocycles. The van der Waals surface area contributed by atoms with E-state index in [1.807, 2.05) is 19.1 Å². The molecule has 0 aromatic heterocycles. The molecule has 1 amide bonds. The van der Waals surface area contributed by atoms with Crippen molar-refractivity contribution in [1.29, 1.82) is 0 Å². The summed E-state index contributed by atoms with van der Waals surface area (Å²) in [4.78, 5) is 11.4. The van der Waals surface area contributed by atoms with Crippen LogP contribution in [0.25, 0.3) is 0 Å². The van der Waals surface area contributed by atoms with Gasteiger partial charge in [0.05, 0.1) is 0 Å². The average Bonchev–Trinajstić information content (AvgIpc) is 3.18. The fourth-order valence-corrected chi connectivity index (χ4v) is 2.50. The molecule has 0 spiro atoms. The second kappa shape index (κ2) is 6.60. The summed E-state index contributed by atoms with van der Waals surface area (Å²) >= 11 is 12.0. The van der Waals surface area contributed by atoms with Crippen molar-refractivity contribution in [3.05, 3.63) is 33.8 Å². The molecule has 5 heteroatoms. The molecule has 3 nitrogen and oxygen atoms in total. The third kappa shape index (κ3) is 4.37. The number of halogens is 2. The van der Waals surface area contributed by atoms with Gasteiger partial charge in [0.2, 0.25) is 5.91 Å². The first kappa shape index (κ1) is 14.6. The Morgan fingerprint density at radius 3 is 2.74 bits per heavy atom. The highest BCUT2D eigenvalue weighted by atomic mass is 35.5. The smallest absolute Gasteiger partial charge is 0.223 e. The van der Waals surface area contributed by atoms with Gasteiger partial charge in [0.15, 0.2) is 0 Å². The van der Waals surface area contributed by atoms with Gasteiger partial charge in [0.1, 0.15) is 0 Å². The van der Waals surface area contributed by atoms with Crippen LogP contribution in [0, 0.1) is 5.92 Å². The number of rotatable bonds is 6. The van der Waals surface area contributed by atoms with E-state index in [2.05, 4.69) is 10.6 Å². The Bertz CT molecular complexity index is 461. The van der Waals surface area contributed by atoms with Gasteiger partial charge in [0, 0.05) is 35.1 Å². The van der Waals surface area contributed by atoms with Crippen LogP contribution >= 0.6 is 23.2 Å². The Morgan fingerprint density at radius 2 is 2.11 bits per heavy atom. The van der Waals surface area contributed by atoms with E-state index in [-0.39, 0.29) is 17.9 Å². The number of carbonyl (C=O) groups excluding carboxylic acids is 1. The lowest BCUT2D eigenvalue weighted by Gasteiger charge is -2.16. The summed E-state index contributed by atoms with van der Waals surface area (Å²) < 4.78 is 0. The predicted octanol–water partition coefficient (Wildman–Crippen LogP) is 3.17. The Balaban J connectivity index is 1.74. The second-order valence-electron chi connectivity index (χ2n) is 4.91. The number of benzene rings is 1. The number of hydrogen-bond donors (Lipinski definition) is 2. The largest absolute Gasteiger partial charge is 0.355 e. The van der Waals surface area contributed by atoms with Crippen LogP contribution < -0.4 is 10.6 Å². The highest BCUT2D eigenvalue weighted by Crippen LogP contribution is 2.28. The Morgan fingerprint density at radius 1 is 1.37 bits per heavy atom. The van der Waals surface area contributed by atoms with Gasteiger partial charge in [0.25, 0.3) is 0 Å². The van der Waals surface area contributed by atoms with E-state index in [4.69, 9.17) is 23.2 Å². The summed E-state index contributed by atoms with van der Waals surface area (Å²) in [5.74, 6) is 0.446. The predicted molar refractivity (Wildman–Crippen MR) is 78.6 cm³/mol. The van der Waals surface area contributed by atoms with E-state index < -0.39 is 0 Å². The Kier molecular flexibility index (Phi) is 5.08. The fraction of sp³-hybridized carbons (Fsp3) is 0.500. The van der Waals surface area contributed by atoms with E-state index in [1.54, 1.807) is 6.07 Å². The minimum atomic E-state index is 0.127. The van der Waals surface area contributed by atoms with Crippen LogP contribution in [0.15, 0.2) is 18.2 Å². The van der Waals surface area contributed by atoms with Crippen LogP contribution in [0.2, 0.25) is 10.0 Å². The molecule has 1 saturated carbocycles. The molecule has 2 N–H and O–H groups in total. The first-order valence-electron chi connectivity index (χ1n) is 6.54. The molecule has 0 heterocycles. The summed E-state index contributed by atoms with van der Waals surface area (Å²) in [7, 11) is 0. The molecule has 104 valence electrons. The molecule has 1 atom stereocenters. The van der Waals surface area contributed by atoms with Crippen molar-refractivity contribution in [2.45, 2.75) is 25.8 Å². The van der Waals surface area contributed by atoms with Crippen molar-refractivity contribution in [2.75, 3.05) is 13.1 Å². The lowest BCUT2D eigenvalue weighted by Crippen LogP contribution is -2.33. The summed E-state index contributed by atoms with van der Waals surface area (Å²) in [6.07, 6.45) is 2.08. The van der Waals surface area contributed by atoms with Crippen LogP contribution in [0.5, 0.6) is 0 Å². The minimum Gasteiger partial charge on any atom is -0.355 e. The third-order valence-electron chi connectivity index (χ3n) is 3.25. The van der Waals surface area contributed by atoms with Crippen molar-refractivity contribution >= 4 is 29.1 Å². The number of carbonyl (C=O) groups is 1. The molecule has 2 rings (SSSR count). The molecular weight excluding hydrogens is 283 g/mol. The number of amides is 1. The zero-order valence-electron chi connectivity index (χ0n) is 10.9. The maximum absolute atomic E-state index is 11.4. The second-order valence-corrected chi connectivity index (χ2v) is 5.75. The highest BCUT2D eigenvalue weighted by molar-refractivity contribution is 6.35. The van der Waals surface area contributed by atoms with Crippen molar-refractivity contribution in [3.8, 4) is 0 Å². The van der Waals surface area contributed by atoms with Crippen LogP contribution in [-0.4, -0.2) is 19.0 Å². The van der Waals surface area contributed by atoms with Gasteiger partial charge >= 0.3 is 0 Å². The van der Waals surface area contributed by atoms with Crippen LogP contribution in [-0.2, 0) is 4.79 Å². The highest BCUT2D eigenvalue weighted by Gasteiger charge is 2.28. The zero-order valence-corrected chi connectivity index (χ0v) is 12.4. The van der Waals surface area contributed by atoms with Crippen molar-refractivity contribution in [3.63, 3.8) is 0 Å². The van der Waals surface area contributed by atoms with E-state index >= 15 is 0 Å². The zero-order chi connectivity index (χ0) is 13.8. The minimum absolute atomic E-state index is 0.127. The molecule has 1 unspecified atom stereocenters. The normalized spacial score (nSPS) is 16.2. The number of nitrogens with one attached hydrogen (secondary N) is 2. The lowest BCUT2D eigenvalue weighted by atomic mass is 10.1. The fourth-order valence-electron chi connectivity index (χ4n) is 1.93. The molecule has 0 aliphatic heterocycles. The van der Waals surface area contributed by atoms with Crippen molar-refractivity contribution in [1.82, 2.24) is 10.6 Å². The van der Waals surface area contributed by atoms with E-state index in [0.29, 0.717) is 16.6 Å². The molecule has 0 bridgehead atoms. The van der Waals surface area contributed by atoms with Crippen LogP contribution in [0.1, 0.15) is 31.4 Å². The SMILES string of the molecule is CC(NCCNC(=O)C1CC1)c1ccc(Cl)cc1Cl. The molecule has 1 aromatic rings. The topological polar surface area (TPSA) is 41.1 Å². The molecule has 1 aliphatic rings. The lowest BCUT2D eigenvalue weighted by molar-refractivity contribution is -0.122. The maximum Gasteiger partial charge on any atom is 0.223 e. The van der Waals surface area contributed by atoms with E-state index in [0.717, 1.165) is 24.9 Å². The molecule has 19 heavy (non-hydrogen) atoms. The maximum atomic E-state index is 11.4. The van der Waals surface area contributed by atoms with Crippen LogP contribution in [0.3, 0.4) is 0 Å². The average molecular weight is 301 g/mol. The monoisotopic (exact) mass is 300 g/mol. The van der Waals surface area contributed by atoms with Gasteiger partial charge in [-0.25, -0.2) is 0 Å². The molecule has 0 saturated heterocycles. The quantitative estimate of drug-likeness (QED) is 0.792. The van der Waals surface area contributed by atoms with Gasteiger partial charge in [-0.15, -0.1) is 0 Å². The molecule has 0 radical (unpaired) electrons. The van der Waals surface area contributed by atoms with Gasteiger partial charge < -0.3 is 10.6 Å². The number of hydrogen-bond acceptors (Lipinski definition) is 2. The Labute approximate surface area is 123 Å². The van der Waals surface area contributed by atoms with Gasteiger partial charge in [-0.3, -0.25) is 4.79 Å². The van der Waals surface area contributed by atoms with Gasteiger partial charge in [-0.2, -0.15) is 0 Å². The van der Waals surface area contributed by atoms with Crippen molar-refractivity contribution in [2.24, 2.45) is 5.92 Å². The summed E-state index contributed by atoms with van der Waals surface area (Å²) in [5, 5.41) is 7.55. The molecule has 1 aromatic carbocycles. The first-order chi connectivity index (χ1) is 9.08. The molecule has 1 fully saturated rings. The van der Waals surface area contributed by atoms with Crippen LogP contribution in [0.4, 0.5) is 0 Å². The Hall–Kier alpha value is -0.770. The third-order valence-corrected chi connectivity index (χ3v) is 3.81. The van der Waals surface area contributed by atoms with E-state index in [1.165, 1.54) is 0 Å².